The van der Waals surface area contributed by atoms with Crippen molar-refractivity contribution in [3.05, 3.63) is 0 Å². The van der Waals surface area contributed by atoms with E-state index >= 15 is 0 Å². The standard InChI is InChI=1S/C4H9N.2C2H6N.W/c1-4(2,3)5;2*1-3-2;/h1-3H3;2*1-2H3;/q;2*-1;+2. The Hall–Kier alpha value is 0.408. The van der Waals surface area contributed by atoms with E-state index in [-0.39, 0.29) is 5.54 Å². The van der Waals surface area contributed by atoms with Gasteiger partial charge in [-0.2, -0.15) is 0 Å². The first-order valence-electron chi connectivity index (χ1n) is 4.06. The molecule has 3 nitrogen and oxygen atoms in total. The van der Waals surface area contributed by atoms with Gasteiger partial charge in [0.05, 0.1) is 0 Å². The van der Waals surface area contributed by atoms with Crippen LogP contribution in [-0.4, -0.2) is 40.6 Å². The van der Waals surface area contributed by atoms with Gasteiger partial charge in [-0.1, -0.05) is 0 Å². The average Bonchev–Trinajstić information content (AvgIpc) is 1.79. The van der Waals surface area contributed by atoms with E-state index in [1.54, 1.807) is 0 Å². The second-order valence-corrected chi connectivity index (χ2v) is 11.8. The molecular formula is C8H21N3W. The van der Waals surface area contributed by atoms with Gasteiger partial charge in [0.2, 0.25) is 0 Å². The number of nitrogens with zero attached hydrogens (tertiary/aromatic N) is 3. The van der Waals surface area contributed by atoms with Gasteiger partial charge < -0.3 is 0 Å². The van der Waals surface area contributed by atoms with Crippen LogP contribution >= 0.6 is 0 Å². The first-order valence-corrected chi connectivity index (χ1v) is 8.00. The maximum absolute atomic E-state index is 4.85. The van der Waals surface area contributed by atoms with Crippen LogP contribution in [0.4, 0.5) is 0 Å². The third-order valence-corrected chi connectivity index (χ3v) is 8.26. The molecule has 0 atom stereocenters. The Bertz CT molecular complexity index is 158. The van der Waals surface area contributed by atoms with Crippen LogP contribution < -0.4 is 0 Å². The van der Waals surface area contributed by atoms with Gasteiger partial charge in [0, 0.05) is 0 Å². The van der Waals surface area contributed by atoms with Gasteiger partial charge >= 0.3 is 82.5 Å². The Morgan fingerprint density at radius 3 is 1.33 bits per heavy atom. The topological polar surface area (TPSA) is 18.8 Å². The van der Waals surface area contributed by atoms with Gasteiger partial charge in [-0.25, -0.2) is 0 Å². The van der Waals surface area contributed by atoms with Crippen LogP contribution in [0.15, 0.2) is 3.50 Å². The summed E-state index contributed by atoms with van der Waals surface area (Å²) in [5, 5.41) is 0. The van der Waals surface area contributed by atoms with Gasteiger partial charge in [-0.15, -0.1) is 0 Å². The molecule has 0 saturated heterocycles. The molecule has 0 amide bonds. The summed E-state index contributed by atoms with van der Waals surface area (Å²) in [6.45, 7) is 6.50. The molecule has 0 radical (unpaired) electrons. The van der Waals surface area contributed by atoms with Gasteiger partial charge in [-0.05, 0) is 0 Å². The van der Waals surface area contributed by atoms with Crippen LogP contribution in [0, 0.1) is 0 Å². The molecule has 0 aromatic rings. The summed E-state index contributed by atoms with van der Waals surface area (Å²) in [6, 6.07) is 0. The second kappa shape index (κ2) is 4.59. The Morgan fingerprint density at radius 2 is 1.25 bits per heavy atom. The molecule has 4 heteroatoms. The molecule has 0 aliphatic carbocycles. The molecule has 0 N–H and O–H groups in total. The van der Waals surface area contributed by atoms with Crippen LogP contribution in [-0.2, 0) is 17.6 Å². The van der Waals surface area contributed by atoms with Crippen molar-refractivity contribution in [3.8, 4) is 0 Å². The monoisotopic (exact) mass is 343 g/mol. The zero-order chi connectivity index (χ0) is 9.94. The molecule has 0 saturated carbocycles. The van der Waals surface area contributed by atoms with E-state index in [0.29, 0.717) is 0 Å². The van der Waals surface area contributed by atoms with Crippen molar-refractivity contribution in [1.29, 1.82) is 0 Å². The number of rotatable bonds is 2. The van der Waals surface area contributed by atoms with Crippen molar-refractivity contribution in [1.82, 2.24) is 6.92 Å². The molecule has 0 heterocycles. The van der Waals surface area contributed by atoms with Gasteiger partial charge in [0.1, 0.15) is 0 Å². The SMILES string of the molecule is C[N](C)[W](=[N]C(C)(C)C)[N](C)C. The molecule has 74 valence electrons. The minimum absolute atomic E-state index is 0.113. The van der Waals surface area contributed by atoms with Gasteiger partial charge in [-0.3, -0.25) is 0 Å². The van der Waals surface area contributed by atoms with Crippen LogP contribution in [0.25, 0.3) is 0 Å². The fraction of sp³-hybridized carbons (Fsp3) is 1.00. The van der Waals surface area contributed by atoms with Gasteiger partial charge in [0.25, 0.3) is 0 Å². The van der Waals surface area contributed by atoms with Crippen molar-refractivity contribution < 1.29 is 17.6 Å². The zero-order valence-corrected chi connectivity index (χ0v) is 12.2. The van der Waals surface area contributed by atoms with E-state index in [1.165, 1.54) is 0 Å². The third-order valence-electron chi connectivity index (χ3n) is 1.01. The van der Waals surface area contributed by atoms with Crippen molar-refractivity contribution >= 4 is 0 Å². The first kappa shape index (κ1) is 12.4. The summed E-state index contributed by atoms with van der Waals surface area (Å²) in [5.41, 5.74) is 0.113. The Kier molecular flexibility index (Phi) is 4.75. The average molecular weight is 343 g/mol. The molecular weight excluding hydrogens is 322 g/mol. The molecule has 0 rings (SSSR count). The normalized spacial score (nSPS) is 13.2. The van der Waals surface area contributed by atoms with E-state index < -0.39 is 17.6 Å². The van der Waals surface area contributed by atoms with Crippen molar-refractivity contribution in [2.75, 3.05) is 28.2 Å². The molecule has 0 fully saturated rings. The number of hydrogen-bond acceptors (Lipinski definition) is 1. The Balaban J connectivity index is 4.63. The molecule has 0 bridgehead atoms. The fourth-order valence-electron chi connectivity index (χ4n) is 0.735. The summed E-state index contributed by atoms with van der Waals surface area (Å²) in [5.74, 6) is 0. The summed E-state index contributed by atoms with van der Waals surface area (Å²) >= 11 is -1.77. The number of hydrogen-bond donors (Lipinski definition) is 0. The van der Waals surface area contributed by atoms with Crippen LogP contribution in [0.3, 0.4) is 0 Å². The molecule has 0 spiro atoms. The van der Waals surface area contributed by atoms with E-state index in [2.05, 4.69) is 55.9 Å². The molecule has 0 aromatic heterocycles. The summed E-state index contributed by atoms with van der Waals surface area (Å²) in [4.78, 5) is 0. The van der Waals surface area contributed by atoms with Crippen LogP contribution in [0.2, 0.25) is 0 Å². The maximum atomic E-state index is 4.85. The molecule has 0 unspecified atom stereocenters. The predicted molar refractivity (Wildman–Crippen MR) is 49.6 cm³/mol. The van der Waals surface area contributed by atoms with Gasteiger partial charge in [0.15, 0.2) is 0 Å². The molecule has 12 heavy (non-hydrogen) atoms. The zero-order valence-electron chi connectivity index (χ0n) is 9.25. The molecule has 0 aliphatic heterocycles. The third kappa shape index (κ3) is 5.12. The summed E-state index contributed by atoms with van der Waals surface area (Å²) < 4.78 is 9.45. The van der Waals surface area contributed by atoms with Crippen molar-refractivity contribution in [2.45, 2.75) is 26.3 Å². The molecule has 0 aliphatic rings. The van der Waals surface area contributed by atoms with Crippen LogP contribution in [0.1, 0.15) is 20.8 Å². The van der Waals surface area contributed by atoms with E-state index in [0.717, 1.165) is 0 Å². The second-order valence-electron chi connectivity index (χ2n) is 4.13. The quantitative estimate of drug-likeness (QED) is 0.758. The van der Waals surface area contributed by atoms with Crippen molar-refractivity contribution in [3.63, 3.8) is 0 Å². The van der Waals surface area contributed by atoms with E-state index in [9.17, 15) is 0 Å². The minimum atomic E-state index is -1.77. The van der Waals surface area contributed by atoms with E-state index in [1.807, 2.05) is 0 Å². The van der Waals surface area contributed by atoms with Crippen molar-refractivity contribution in [2.24, 2.45) is 3.50 Å². The predicted octanol–water partition coefficient (Wildman–Crippen LogP) is 1.54. The Labute approximate surface area is 82.7 Å². The molecule has 0 aromatic carbocycles. The fourth-order valence-corrected chi connectivity index (χ4v) is 6.01. The van der Waals surface area contributed by atoms with Crippen LogP contribution in [0.5, 0.6) is 0 Å². The summed E-state index contributed by atoms with van der Waals surface area (Å²) in [7, 11) is 8.51. The summed E-state index contributed by atoms with van der Waals surface area (Å²) in [6.07, 6.45) is 0. The first-order chi connectivity index (χ1) is 5.24. The Morgan fingerprint density at radius 1 is 0.917 bits per heavy atom. The van der Waals surface area contributed by atoms with E-state index in [4.69, 9.17) is 3.50 Å².